The van der Waals surface area contributed by atoms with E-state index in [1.54, 1.807) is 6.07 Å². The fourth-order valence-corrected chi connectivity index (χ4v) is 2.37. The number of anilines is 1. The van der Waals surface area contributed by atoms with Crippen LogP contribution < -0.4 is 5.73 Å². The molecule has 0 atom stereocenters. The molecule has 4 heteroatoms. The molecule has 98 valence electrons. The lowest BCUT2D eigenvalue weighted by Crippen LogP contribution is -2.39. The van der Waals surface area contributed by atoms with Gasteiger partial charge in [0.05, 0.1) is 5.56 Å². The van der Waals surface area contributed by atoms with E-state index in [1.807, 2.05) is 24.0 Å². The third-order valence-corrected chi connectivity index (χ3v) is 3.60. The third kappa shape index (κ3) is 2.64. The van der Waals surface area contributed by atoms with Crippen molar-refractivity contribution in [1.29, 1.82) is 0 Å². The van der Waals surface area contributed by atoms with Gasteiger partial charge in [0.2, 0.25) is 0 Å². The predicted molar refractivity (Wildman–Crippen MR) is 71.3 cm³/mol. The molecule has 1 aliphatic rings. The van der Waals surface area contributed by atoms with Gasteiger partial charge < -0.3 is 15.7 Å². The Hall–Kier alpha value is -1.55. The summed E-state index contributed by atoms with van der Waals surface area (Å²) in [5.41, 5.74) is 8.09. The lowest BCUT2D eigenvalue weighted by atomic mass is 9.97. The number of nitrogens with zero attached hydrogens (tertiary/aromatic N) is 1. The van der Waals surface area contributed by atoms with Crippen LogP contribution >= 0.6 is 0 Å². The monoisotopic (exact) mass is 248 g/mol. The quantitative estimate of drug-likeness (QED) is 0.778. The van der Waals surface area contributed by atoms with Gasteiger partial charge in [-0.1, -0.05) is 6.07 Å². The van der Waals surface area contributed by atoms with Crippen molar-refractivity contribution < 1.29 is 9.90 Å². The zero-order chi connectivity index (χ0) is 13.1. The van der Waals surface area contributed by atoms with Gasteiger partial charge in [-0.15, -0.1) is 0 Å². The Morgan fingerprint density at radius 2 is 2.11 bits per heavy atom. The number of rotatable bonds is 2. The number of benzene rings is 1. The lowest BCUT2D eigenvalue weighted by molar-refractivity contribution is 0.0652. The minimum Gasteiger partial charge on any atom is -0.398 e. The summed E-state index contributed by atoms with van der Waals surface area (Å²) < 4.78 is 0. The number of aliphatic hydroxyl groups is 1. The molecule has 2 rings (SSSR count). The summed E-state index contributed by atoms with van der Waals surface area (Å²) in [7, 11) is 0. The van der Waals surface area contributed by atoms with E-state index >= 15 is 0 Å². The second-order valence-electron chi connectivity index (χ2n) is 5.01. The number of aliphatic hydroxyl groups excluding tert-OH is 1. The van der Waals surface area contributed by atoms with Crippen LogP contribution in [0.2, 0.25) is 0 Å². The Kier molecular flexibility index (Phi) is 3.87. The molecule has 4 nitrogen and oxygen atoms in total. The molecule has 1 amide bonds. The second-order valence-corrected chi connectivity index (χ2v) is 5.01. The molecule has 3 N–H and O–H groups in total. The van der Waals surface area contributed by atoms with Crippen molar-refractivity contribution in [3.8, 4) is 0 Å². The fraction of sp³-hybridized carbons (Fsp3) is 0.500. The highest BCUT2D eigenvalue weighted by Gasteiger charge is 2.24. The predicted octanol–water partition coefficient (Wildman–Crippen LogP) is 1.42. The number of aryl methyl sites for hydroxylation is 1. The fourth-order valence-electron chi connectivity index (χ4n) is 2.37. The minimum absolute atomic E-state index is 0.00360. The van der Waals surface area contributed by atoms with E-state index in [0.717, 1.165) is 18.4 Å². The summed E-state index contributed by atoms with van der Waals surface area (Å²) >= 11 is 0. The van der Waals surface area contributed by atoms with Crippen molar-refractivity contribution in [3.63, 3.8) is 0 Å². The van der Waals surface area contributed by atoms with E-state index in [9.17, 15) is 4.79 Å². The van der Waals surface area contributed by atoms with Gasteiger partial charge in [-0.2, -0.15) is 0 Å². The zero-order valence-corrected chi connectivity index (χ0v) is 10.7. The number of piperidine rings is 1. The first-order chi connectivity index (χ1) is 8.61. The van der Waals surface area contributed by atoms with Crippen LogP contribution in [0.1, 0.15) is 28.8 Å². The molecule has 0 aromatic heterocycles. The molecule has 0 bridgehead atoms. The number of hydrogen-bond acceptors (Lipinski definition) is 3. The maximum Gasteiger partial charge on any atom is 0.255 e. The van der Waals surface area contributed by atoms with Crippen LogP contribution in [0.4, 0.5) is 5.69 Å². The number of carbonyl (C=O) groups excluding carboxylic acids is 1. The van der Waals surface area contributed by atoms with Crippen molar-refractivity contribution in [3.05, 3.63) is 29.3 Å². The van der Waals surface area contributed by atoms with E-state index < -0.39 is 0 Å². The topological polar surface area (TPSA) is 66.6 Å². The van der Waals surface area contributed by atoms with Crippen molar-refractivity contribution in [2.45, 2.75) is 19.8 Å². The minimum atomic E-state index is 0.00360. The van der Waals surface area contributed by atoms with Crippen LogP contribution in [0.3, 0.4) is 0 Å². The smallest absolute Gasteiger partial charge is 0.255 e. The molecule has 1 aromatic carbocycles. The lowest BCUT2D eigenvalue weighted by Gasteiger charge is -2.31. The number of likely N-dealkylation sites (tertiary alicyclic amines) is 1. The molecule has 1 aliphatic heterocycles. The molecular formula is C14H20N2O2. The van der Waals surface area contributed by atoms with Gasteiger partial charge in [-0.25, -0.2) is 0 Å². The summed E-state index contributed by atoms with van der Waals surface area (Å²) in [4.78, 5) is 14.1. The van der Waals surface area contributed by atoms with E-state index in [4.69, 9.17) is 10.8 Å². The Morgan fingerprint density at radius 3 is 2.67 bits per heavy atom. The molecule has 0 saturated carbocycles. The highest BCUT2D eigenvalue weighted by molar-refractivity contribution is 5.99. The molecule has 1 aromatic rings. The molecule has 1 saturated heterocycles. The van der Waals surface area contributed by atoms with Crippen LogP contribution in [0, 0.1) is 12.8 Å². The molecule has 1 fully saturated rings. The maximum absolute atomic E-state index is 12.3. The van der Waals surface area contributed by atoms with E-state index in [0.29, 0.717) is 30.3 Å². The number of carbonyl (C=O) groups is 1. The first kappa shape index (κ1) is 12.9. The molecule has 1 heterocycles. The van der Waals surface area contributed by atoms with Crippen molar-refractivity contribution in [2.24, 2.45) is 5.92 Å². The van der Waals surface area contributed by atoms with E-state index in [1.165, 1.54) is 0 Å². The van der Waals surface area contributed by atoms with Gasteiger partial charge in [-0.3, -0.25) is 4.79 Å². The summed E-state index contributed by atoms with van der Waals surface area (Å²) in [6, 6.07) is 5.53. The summed E-state index contributed by atoms with van der Waals surface area (Å²) in [6.45, 7) is 3.58. The summed E-state index contributed by atoms with van der Waals surface area (Å²) in [5.74, 6) is 0.341. The molecule has 0 unspecified atom stereocenters. The van der Waals surface area contributed by atoms with Crippen LogP contribution in [0.15, 0.2) is 18.2 Å². The van der Waals surface area contributed by atoms with Crippen LogP contribution in [-0.2, 0) is 0 Å². The van der Waals surface area contributed by atoms with Gasteiger partial charge >= 0.3 is 0 Å². The Bertz CT molecular complexity index is 437. The van der Waals surface area contributed by atoms with Crippen molar-refractivity contribution in [1.82, 2.24) is 4.90 Å². The number of nitrogen functional groups attached to an aromatic ring is 1. The molecule has 18 heavy (non-hydrogen) atoms. The normalized spacial score (nSPS) is 16.9. The number of nitrogens with two attached hydrogens (primary N) is 1. The third-order valence-electron chi connectivity index (χ3n) is 3.60. The van der Waals surface area contributed by atoms with Gasteiger partial charge in [0.1, 0.15) is 0 Å². The van der Waals surface area contributed by atoms with Crippen LogP contribution in [-0.4, -0.2) is 35.6 Å². The second kappa shape index (κ2) is 5.40. The average molecular weight is 248 g/mol. The van der Waals surface area contributed by atoms with Crippen LogP contribution in [0.5, 0.6) is 0 Å². The van der Waals surface area contributed by atoms with Gasteiger partial charge in [0.25, 0.3) is 5.91 Å². The summed E-state index contributed by atoms with van der Waals surface area (Å²) in [6.07, 6.45) is 1.74. The standard InChI is InChI=1S/C14H20N2O2/c1-10-2-3-12(13(15)8-10)14(18)16-6-4-11(9-17)5-7-16/h2-3,8,11,17H,4-7,9,15H2,1H3. The van der Waals surface area contributed by atoms with Gasteiger partial charge in [-0.05, 0) is 43.4 Å². The highest BCUT2D eigenvalue weighted by Crippen LogP contribution is 2.21. The zero-order valence-electron chi connectivity index (χ0n) is 10.7. The molecular weight excluding hydrogens is 228 g/mol. The number of amides is 1. The SMILES string of the molecule is Cc1ccc(C(=O)N2CCC(CO)CC2)c(N)c1. The summed E-state index contributed by atoms with van der Waals surface area (Å²) in [5, 5.41) is 9.08. The maximum atomic E-state index is 12.3. The molecule has 0 aliphatic carbocycles. The number of hydrogen-bond donors (Lipinski definition) is 2. The average Bonchev–Trinajstić information content (AvgIpc) is 2.38. The van der Waals surface area contributed by atoms with E-state index in [2.05, 4.69) is 0 Å². The largest absolute Gasteiger partial charge is 0.398 e. The van der Waals surface area contributed by atoms with Gasteiger partial charge in [0.15, 0.2) is 0 Å². The molecule has 0 radical (unpaired) electrons. The first-order valence-corrected chi connectivity index (χ1v) is 6.38. The van der Waals surface area contributed by atoms with Crippen molar-refractivity contribution in [2.75, 3.05) is 25.4 Å². The Morgan fingerprint density at radius 1 is 1.44 bits per heavy atom. The van der Waals surface area contributed by atoms with E-state index in [-0.39, 0.29) is 12.5 Å². The molecule has 0 spiro atoms. The first-order valence-electron chi connectivity index (χ1n) is 6.38. The van der Waals surface area contributed by atoms with Gasteiger partial charge in [0, 0.05) is 25.4 Å². The Labute approximate surface area is 107 Å². The highest BCUT2D eigenvalue weighted by atomic mass is 16.3. The Balaban J connectivity index is 2.08. The van der Waals surface area contributed by atoms with Crippen LogP contribution in [0.25, 0.3) is 0 Å². The van der Waals surface area contributed by atoms with Crippen molar-refractivity contribution >= 4 is 11.6 Å².